The molecule has 2 nitrogen and oxygen atoms in total. The second-order valence-corrected chi connectivity index (χ2v) is 8.65. The van der Waals surface area contributed by atoms with Crippen LogP contribution in [0.2, 0.25) is 0 Å². The Morgan fingerprint density at radius 1 is 0.550 bits per heavy atom. The Morgan fingerprint density at radius 2 is 1.12 bits per heavy atom. The van der Waals surface area contributed by atoms with Gasteiger partial charge < -0.3 is 11.3 Å². The Morgan fingerprint density at radius 3 is 1.70 bits per heavy atom. The molecule has 40 heavy (non-hydrogen) atoms. The number of pyridine rings is 1. The maximum absolute atomic E-state index is 7.19. The molecule has 1 heterocycles. The largest absolute Gasteiger partial charge is 3.00 e. The Labute approximate surface area is 252 Å². The summed E-state index contributed by atoms with van der Waals surface area (Å²) in [6, 6.07) is 54.8. The van der Waals surface area contributed by atoms with Gasteiger partial charge in [-0.05, 0) is 30.3 Å². The van der Waals surface area contributed by atoms with Crippen molar-refractivity contribution in [2.45, 2.75) is 0 Å². The summed E-state index contributed by atoms with van der Waals surface area (Å²) in [5.41, 5.74) is 8.09. The summed E-state index contributed by atoms with van der Waals surface area (Å²) in [6.07, 6.45) is 8.98. The number of hydrogen-bond donors (Lipinski definition) is 0. The van der Waals surface area contributed by atoms with Crippen molar-refractivity contribution in [1.29, 1.82) is 0 Å². The number of aromatic nitrogens is 1. The van der Waals surface area contributed by atoms with Crippen LogP contribution in [0.4, 0.5) is 17.1 Å². The van der Waals surface area contributed by atoms with Crippen molar-refractivity contribution in [3.8, 4) is 28.3 Å². The van der Waals surface area contributed by atoms with E-state index in [2.05, 4.69) is 52.2 Å². The number of nitrogens with zero attached hydrogens (tertiary/aromatic N) is 2. The van der Waals surface area contributed by atoms with Gasteiger partial charge in [0.2, 0.25) is 0 Å². The van der Waals surface area contributed by atoms with Gasteiger partial charge >= 0.3 is 22.4 Å². The maximum Gasteiger partial charge on any atom is 3.00 e. The van der Waals surface area contributed by atoms with E-state index in [1.54, 1.807) is 6.20 Å². The molecule has 0 bridgehead atoms. The predicted molar refractivity (Wildman–Crippen MR) is 160 cm³/mol. The third kappa shape index (κ3) is 7.26. The van der Waals surface area contributed by atoms with E-state index in [-0.39, 0.29) is 22.4 Å². The van der Waals surface area contributed by atoms with Gasteiger partial charge in [-0.3, -0.25) is 10.9 Å². The summed E-state index contributed by atoms with van der Waals surface area (Å²) in [5.74, 6) is 2.40. The molecule has 0 unspecified atom stereocenters. The molecule has 0 amide bonds. The normalized spacial score (nSPS) is 9.78. The molecule has 0 atom stereocenters. The molecule has 1 aromatic heterocycles. The smallest absolute Gasteiger partial charge is 0.366 e. The average Bonchev–Trinajstić information content (AvgIpc) is 3.04. The fourth-order valence-electron chi connectivity index (χ4n) is 4.15. The van der Waals surface area contributed by atoms with Crippen LogP contribution in [0, 0.1) is 24.5 Å². The van der Waals surface area contributed by atoms with Crippen molar-refractivity contribution in [2.24, 2.45) is 0 Å². The van der Waals surface area contributed by atoms with Gasteiger partial charge in [0.05, 0.1) is 0 Å². The van der Waals surface area contributed by atoms with Gasteiger partial charge in [0.25, 0.3) is 0 Å². The average molecular weight is 695 g/mol. The van der Waals surface area contributed by atoms with Crippen LogP contribution < -0.4 is 4.90 Å². The van der Waals surface area contributed by atoms with E-state index in [1.807, 2.05) is 121 Å². The van der Waals surface area contributed by atoms with Crippen LogP contribution in [0.15, 0.2) is 152 Å². The van der Waals surface area contributed by atoms with Gasteiger partial charge in [-0.1, -0.05) is 60.7 Å². The first-order chi connectivity index (χ1) is 19.3. The summed E-state index contributed by atoms with van der Waals surface area (Å²) in [4.78, 5) is 6.53. The molecule has 6 rings (SSSR count). The Bertz CT molecular complexity index is 1530. The molecule has 5 aromatic carbocycles. The van der Waals surface area contributed by atoms with Crippen LogP contribution in [0.1, 0.15) is 5.56 Å². The summed E-state index contributed by atoms with van der Waals surface area (Å²) < 4.78 is 0. The van der Waals surface area contributed by atoms with Crippen LogP contribution in [-0.4, -0.2) is 4.98 Å². The molecule has 0 saturated heterocycles. The summed E-state index contributed by atoms with van der Waals surface area (Å²) >= 11 is 0. The van der Waals surface area contributed by atoms with Crippen LogP contribution >= 0.6 is 0 Å². The van der Waals surface area contributed by atoms with E-state index in [0.717, 1.165) is 45.0 Å². The molecule has 0 aliphatic carbocycles. The molecular weight excluding hydrogens is 669 g/mol. The van der Waals surface area contributed by atoms with Gasteiger partial charge in [-0.15, -0.1) is 41.5 Å². The molecule has 194 valence electrons. The molecule has 0 fully saturated rings. The minimum atomic E-state index is 0. The minimum absolute atomic E-state index is 0. The van der Waals surface area contributed by atoms with Gasteiger partial charge in [-0.2, -0.15) is 42.0 Å². The quantitative estimate of drug-likeness (QED) is 0.102. The number of hydrogen-bond acceptors (Lipinski definition) is 2. The number of para-hydroxylation sites is 2. The molecule has 0 saturated carbocycles. The zero-order valence-corrected chi connectivity index (χ0v) is 23.8. The summed E-state index contributed by atoms with van der Waals surface area (Å²) in [6.45, 7) is 0. The van der Waals surface area contributed by atoms with Gasteiger partial charge in [0.1, 0.15) is 0 Å². The fourth-order valence-corrected chi connectivity index (χ4v) is 4.15. The van der Waals surface area contributed by atoms with Gasteiger partial charge in [0.15, 0.2) is 0 Å². The van der Waals surface area contributed by atoms with Crippen LogP contribution in [-0.2, 0) is 22.4 Å². The van der Waals surface area contributed by atoms with Crippen LogP contribution in [0.25, 0.3) is 22.4 Å². The number of anilines is 3. The zero-order valence-electron chi connectivity index (χ0n) is 21.6. The minimum Gasteiger partial charge on any atom is -0.366 e. The molecule has 6 aromatic rings. The third-order valence-corrected chi connectivity index (χ3v) is 6.03. The van der Waals surface area contributed by atoms with E-state index in [0.29, 0.717) is 0 Å². The number of benzene rings is 5. The molecule has 3 heteroatoms. The fraction of sp³-hybridized carbons (Fsp3) is 0. The third-order valence-electron chi connectivity index (χ3n) is 6.03. The molecule has 0 radical (unpaired) electrons. The standard InChI is InChI=1S/C20H14N.C17H11N.Au/c1-2-17-13-15-20(16-14-17)21(18-9-5-3-6-10-18)19-11-7-4-8-12-19;1-2-7-14(8-3-1)15-9-6-10-16(13-15)17-11-4-5-12-18-17;/h3-16H;1-7,9-12H;/q-1;-2;+3. The zero-order chi connectivity index (χ0) is 26.7. The molecule has 0 aliphatic heterocycles. The van der Waals surface area contributed by atoms with Crippen LogP contribution in [0.3, 0.4) is 0 Å². The molecule has 0 spiro atoms. The first kappa shape index (κ1) is 28.4. The van der Waals surface area contributed by atoms with Crippen LogP contribution in [0.5, 0.6) is 0 Å². The molecule has 0 N–H and O–H groups in total. The summed E-state index contributed by atoms with van der Waals surface area (Å²) in [7, 11) is 0. The van der Waals surface area contributed by atoms with Gasteiger partial charge in [-0.25, -0.2) is 5.56 Å². The van der Waals surface area contributed by atoms with E-state index in [9.17, 15) is 0 Å². The second-order valence-electron chi connectivity index (χ2n) is 8.65. The van der Waals surface area contributed by atoms with Gasteiger partial charge in [0, 0.05) is 29.0 Å². The van der Waals surface area contributed by atoms with Crippen molar-refractivity contribution >= 4 is 17.1 Å². The monoisotopic (exact) mass is 694 g/mol. The topological polar surface area (TPSA) is 16.1 Å². The summed E-state index contributed by atoms with van der Waals surface area (Å²) in [5, 5.41) is 0. The van der Waals surface area contributed by atoms with E-state index >= 15 is 0 Å². The van der Waals surface area contributed by atoms with Crippen molar-refractivity contribution in [3.63, 3.8) is 0 Å². The first-order valence-electron chi connectivity index (χ1n) is 12.7. The Kier molecular flexibility index (Phi) is 10.3. The molecule has 0 aliphatic rings. The van der Waals surface area contributed by atoms with Crippen molar-refractivity contribution < 1.29 is 22.4 Å². The predicted octanol–water partition coefficient (Wildman–Crippen LogP) is 9.11. The van der Waals surface area contributed by atoms with Crippen molar-refractivity contribution in [2.75, 3.05) is 4.90 Å². The maximum atomic E-state index is 7.19. The first-order valence-corrected chi connectivity index (χ1v) is 12.7. The van der Waals surface area contributed by atoms with E-state index in [4.69, 9.17) is 6.42 Å². The second kappa shape index (κ2) is 14.5. The Balaban J connectivity index is 0.000000182. The SMILES string of the molecule is [Au+3].[C-]#Cc1ccc(N(c2ccccc2)c2ccccc2)cc1.[c-]1ccccc1-c1[c-]c(-c2ccccn2)ccc1. The van der Waals surface area contributed by atoms with Crippen molar-refractivity contribution in [1.82, 2.24) is 4.98 Å². The van der Waals surface area contributed by atoms with E-state index < -0.39 is 0 Å². The Hall–Kier alpha value is -4.65. The van der Waals surface area contributed by atoms with Crippen molar-refractivity contribution in [3.05, 3.63) is 176 Å². The molecular formula is C37H25AuN2. The van der Waals surface area contributed by atoms with E-state index in [1.165, 1.54) is 0 Å². The number of rotatable bonds is 5.